The summed E-state index contributed by atoms with van der Waals surface area (Å²) < 4.78 is 6.79. The van der Waals surface area contributed by atoms with E-state index in [-0.39, 0.29) is 19.1 Å². The molecule has 1 unspecified atom stereocenters. The SMILES string of the molecule is CCCCC(NC(=O)OCC1c2ccccc2-c2ccccc21)C(=O)Nc1cnn(CC(=O)O)c1. The molecule has 0 saturated heterocycles. The average Bonchev–Trinajstić information content (AvgIpc) is 3.41. The highest BCUT2D eigenvalue weighted by atomic mass is 16.5. The normalized spacial score (nSPS) is 12.9. The van der Waals surface area contributed by atoms with Gasteiger partial charge in [-0.1, -0.05) is 68.3 Å². The maximum atomic E-state index is 12.8. The molecule has 3 aromatic rings. The van der Waals surface area contributed by atoms with Crippen LogP contribution in [-0.2, 0) is 20.9 Å². The number of carboxylic acids is 1. The third kappa shape index (κ3) is 5.68. The van der Waals surface area contributed by atoms with Crippen molar-refractivity contribution in [2.24, 2.45) is 0 Å². The van der Waals surface area contributed by atoms with E-state index in [4.69, 9.17) is 9.84 Å². The summed E-state index contributed by atoms with van der Waals surface area (Å²) in [5.41, 5.74) is 4.86. The minimum Gasteiger partial charge on any atom is -0.480 e. The van der Waals surface area contributed by atoms with Crippen LogP contribution in [0.15, 0.2) is 60.9 Å². The molecule has 1 atom stereocenters. The number of rotatable bonds is 10. The van der Waals surface area contributed by atoms with Crippen molar-refractivity contribution in [3.8, 4) is 11.1 Å². The van der Waals surface area contributed by atoms with Crippen molar-refractivity contribution >= 4 is 23.7 Å². The van der Waals surface area contributed by atoms with Gasteiger partial charge in [-0.05, 0) is 28.7 Å². The fourth-order valence-electron chi connectivity index (χ4n) is 4.34. The molecule has 1 aromatic heterocycles. The number of carbonyl (C=O) groups is 3. The minimum absolute atomic E-state index is 0.0730. The number of alkyl carbamates (subject to hydrolysis) is 1. The number of unbranched alkanes of at least 4 members (excludes halogenated alkanes) is 1. The second kappa shape index (κ2) is 10.9. The second-order valence-electron chi connectivity index (χ2n) is 8.47. The number of nitrogens with zero attached hydrogens (tertiary/aromatic N) is 2. The number of ether oxygens (including phenoxy) is 1. The Labute approximate surface area is 203 Å². The largest absolute Gasteiger partial charge is 0.480 e. The number of fused-ring (bicyclic) bond motifs is 3. The Bertz CT molecular complexity index is 1180. The molecule has 2 amide bonds. The third-order valence-electron chi connectivity index (χ3n) is 6.00. The Balaban J connectivity index is 1.38. The van der Waals surface area contributed by atoms with Crippen LogP contribution in [-0.4, -0.2) is 45.5 Å². The molecule has 0 aliphatic heterocycles. The zero-order valence-corrected chi connectivity index (χ0v) is 19.4. The summed E-state index contributed by atoms with van der Waals surface area (Å²) in [5, 5.41) is 18.2. The molecule has 0 bridgehead atoms. The summed E-state index contributed by atoms with van der Waals surface area (Å²) >= 11 is 0. The first-order valence-corrected chi connectivity index (χ1v) is 11.6. The molecule has 1 aliphatic rings. The summed E-state index contributed by atoms with van der Waals surface area (Å²) in [4.78, 5) is 36.4. The predicted octanol–water partition coefficient (Wildman–Crippen LogP) is 4.00. The smallest absolute Gasteiger partial charge is 0.407 e. The van der Waals surface area contributed by atoms with Gasteiger partial charge in [-0.15, -0.1) is 0 Å². The summed E-state index contributed by atoms with van der Waals surface area (Å²) in [6.45, 7) is 1.84. The molecule has 9 nitrogen and oxygen atoms in total. The zero-order chi connectivity index (χ0) is 24.8. The van der Waals surface area contributed by atoms with Crippen molar-refractivity contribution in [3.63, 3.8) is 0 Å². The van der Waals surface area contributed by atoms with Crippen LogP contribution in [0, 0.1) is 0 Å². The molecule has 1 heterocycles. The summed E-state index contributed by atoms with van der Waals surface area (Å²) in [6, 6.07) is 15.4. The first kappa shape index (κ1) is 24.0. The Kier molecular flexibility index (Phi) is 7.45. The van der Waals surface area contributed by atoms with Crippen molar-refractivity contribution in [2.75, 3.05) is 11.9 Å². The van der Waals surface area contributed by atoms with Gasteiger partial charge in [0.2, 0.25) is 5.91 Å². The molecular formula is C26H28N4O5. The Morgan fingerprint density at radius 3 is 2.37 bits per heavy atom. The lowest BCUT2D eigenvalue weighted by atomic mass is 9.98. The number of carboxylic acid groups (broad SMARTS) is 1. The molecule has 0 fully saturated rings. The van der Waals surface area contributed by atoms with Gasteiger partial charge in [0.1, 0.15) is 19.2 Å². The summed E-state index contributed by atoms with van der Waals surface area (Å²) in [5.74, 6) is -1.53. The van der Waals surface area contributed by atoms with Gasteiger partial charge in [0.05, 0.1) is 11.9 Å². The Morgan fingerprint density at radius 1 is 1.09 bits per heavy atom. The first-order valence-electron chi connectivity index (χ1n) is 11.6. The molecule has 4 rings (SSSR count). The molecule has 9 heteroatoms. The number of hydrogen-bond donors (Lipinski definition) is 3. The standard InChI is InChI=1S/C26H28N4O5/c1-2-3-12-23(25(33)28-17-13-27-30(14-17)15-24(31)32)29-26(34)35-16-22-20-10-6-4-8-18(20)19-9-5-7-11-21(19)22/h4-11,13-14,22-23H,2-3,12,15-16H2,1H3,(H,28,33)(H,29,34)(H,31,32). The molecule has 0 radical (unpaired) electrons. The van der Waals surface area contributed by atoms with E-state index in [9.17, 15) is 14.4 Å². The van der Waals surface area contributed by atoms with Gasteiger partial charge in [0.15, 0.2) is 0 Å². The quantitative estimate of drug-likeness (QED) is 0.406. The lowest BCUT2D eigenvalue weighted by molar-refractivity contribution is -0.137. The zero-order valence-electron chi connectivity index (χ0n) is 19.4. The molecular weight excluding hydrogens is 448 g/mol. The average molecular weight is 477 g/mol. The van der Waals surface area contributed by atoms with E-state index in [1.165, 1.54) is 17.1 Å². The lowest BCUT2D eigenvalue weighted by Crippen LogP contribution is -2.44. The van der Waals surface area contributed by atoms with Crippen LogP contribution in [0.3, 0.4) is 0 Å². The van der Waals surface area contributed by atoms with Gasteiger partial charge in [0, 0.05) is 12.1 Å². The van der Waals surface area contributed by atoms with Crippen LogP contribution >= 0.6 is 0 Å². The van der Waals surface area contributed by atoms with Gasteiger partial charge in [0.25, 0.3) is 0 Å². The number of aromatic nitrogens is 2. The molecule has 0 spiro atoms. The van der Waals surface area contributed by atoms with Crippen molar-refractivity contribution in [1.29, 1.82) is 0 Å². The number of benzene rings is 2. The monoisotopic (exact) mass is 476 g/mol. The van der Waals surface area contributed by atoms with Crippen LogP contribution in [0.25, 0.3) is 11.1 Å². The molecule has 182 valence electrons. The van der Waals surface area contributed by atoms with Crippen LogP contribution in [0.5, 0.6) is 0 Å². The van der Waals surface area contributed by atoms with E-state index >= 15 is 0 Å². The van der Waals surface area contributed by atoms with E-state index in [2.05, 4.69) is 27.9 Å². The number of amides is 2. The van der Waals surface area contributed by atoms with E-state index in [1.54, 1.807) is 0 Å². The van der Waals surface area contributed by atoms with Crippen LogP contribution < -0.4 is 10.6 Å². The highest BCUT2D eigenvalue weighted by Gasteiger charge is 2.29. The van der Waals surface area contributed by atoms with Gasteiger partial charge in [-0.2, -0.15) is 5.10 Å². The van der Waals surface area contributed by atoms with Crippen molar-refractivity contribution in [3.05, 3.63) is 72.1 Å². The van der Waals surface area contributed by atoms with Crippen LogP contribution in [0.4, 0.5) is 10.5 Å². The Morgan fingerprint density at radius 2 is 1.74 bits per heavy atom. The fraction of sp³-hybridized carbons (Fsp3) is 0.308. The van der Waals surface area contributed by atoms with Crippen molar-refractivity contribution in [2.45, 2.75) is 44.7 Å². The maximum Gasteiger partial charge on any atom is 0.407 e. The number of carbonyl (C=O) groups excluding carboxylic acids is 2. The van der Waals surface area contributed by atoms with Crippen molar-refractivity contribution in [1.82, 2.24) is 15.1 Å². The van der Waals surface area contributed by atoms with Gasteiger partial charge in [-0.25, -0.2) is 4.79 Å². The topological polar surface area (TPSA) is 123 Å². The van der Waals surface area contributed by atoms with Crippen LogP contribution in [0.1, 0.15) is 43.2 Å². The van der Waals surface area contributed by atoms with Gasteiger partial charge < -0.3 is 20.5 Å². The number of hydrogen-bond acceptors (Lipinski definition) is 5. The fourth-order valence-corrected chi connectivity index (χ4v) is 4.34. The third-order valence-corrected chi connectivity index (χ3v) is 6.00. The predicted molar refractivity (Wildman–Crippen MR) is 130 cm³/mol. The van der Waals surface area contributed by atoms with Gasteiger partial charge >= 0.3 is 12.1 Å². The second-order valence-corrected chi connectivity index (χ2v) is 8.47. The molecule has 0 saturated carbocycles. The molecule has 35 heavy (non-hydrogen) atoms. The van der Waals surface area contributed by atoms with E-state index in [0.717, 1.165) is 35.1 Å². The van der Waals surface area contributed by atoms with E-state index < -0.39 is 24.0 Å². The first-order chi connectivity index (χ1) is 17.0. The number of aliphatic carboxylic acids is 1. The number of nitrogens with one attached hydrogen (secondary N) is 2. The highest BCUT2D eigenvalue weighted by molar-refractivity contribution is 5.96. The highest BCUT2D eigenvalue weighted by Crippen LogP contribution is 2.44. The summed E-state index contributed by atoms with van der Waals surface area (Å²) in [6.07, 6.45) is 4.16. The molecule has 1 aliphatic carbocycles. The minimum atomic E-state index is -1.04. The Hall–Kier alpha value is -4.14. The molecule has 2 aromatic carbocycles. The maximum absolute atomic E-state index is 12.8. The lowest BCUT2D eigenvalue weighted by Gasteiger charge is -2.19. The van der Waals surface area contributed by atoms with E-state index in [1.807, 2.05) is 43.3 Å². The van der Waals surface area contributed by atoms with E-state index in [0.29, 0.717) is 12.1 Å². The molecule has 3 N–H and O–H groups in total. The summed E-state index contributed by atoms with van der Waals surface area (Å²) in [7, 11) is 0. The van der Waals surface area contributed by atoms with Gasteiger partial charge in [-0.3, -0.25) is 14.3 Å². The van der Waals surface area contributed by atoms with Crippen molar-refractivity contribution < 1.29 is 24.2 Å². The van der Waals surface area contributed by atoms with Crippen LogP contribution in [0.2, 0.25) is 0 Å². The number of anilines is 1.